The van der Waals surface area contributed by atoms with Gasteiger partial charge in [-0.2, -0.15) is 18.3 Å². The summed E-state index contributed by atoms with van der Waals surface area (Å²) in [5.74, 6) is -1.33. The van der Waals surface area contributed by atoms with E-state index < -0.39 is 28.5 Å². The van der Waals surface area contributed by atoms with E-state index in [4.69, 9.17) is 9.47 Å². The van der Waals surface area contributed by atoms with Crippen molar-refractivity contribution in [1.82, 2.24) is 10.4 Å². The molecule has 0 unspecified atom stereocenters. The highest BCUT2D eigenvalue weighted by Crippen LogP contribution is 2.39. The molecule has 0 saturated carbocycles. The first-order valence-corrected chi connectivity index (χ1v) is 12.8. The number of amides is 1. The predicted octanol–water partition coefficient (Wildman–Crippen LogP) is 6.75. The Morgan fingerprint density at radius 1 is 0.955 bits per heavy atom. The number of carbonyl (C=O) groups is 2. The molecule has 13 heteroatoms. The van der Waals surface area contributed by atoms with Crippen molar-refractivity contribution in [2.75, 3.05) is 7.11 Å². The Morgan fingerprint density at radius 2 is 1.68 bits per heavy atom. The molecular formula is C31H21F3N4O6. The summed E-state index contributed by atoms with van der Waals surface area (Å²) >= 11 is 0. The van der Waals surface area contributed by atoms with Crippen molar-refractivity contribution in [3.8, 4) is 22.6 Å². The Morgan fingerprint density at radius 3 is 2.34 bits per heavy atom. The van der Waals surface area contributed by atoms with Crippen LogP contribution in [0.2, 0.25) is 0 Å². The second-order valence-electron chi connectivity index (χ2n) is 9.27. The van der Waals surface area contributed by atoms with Crippen molar-refractivity contribution in [2.24, 2.45) is 5.10 Å². The molecule has 0 spiro atoms. The number of hydrazone groups is 1. The number of nitrogens with one attached hydrogen (secondary N) is 2. The molecule has 0 bridgehead atoms. The first-order valence-electron chi connectivity index (χ1n) is 12.8. The maximum atomic E-state index is 13.7. The third kappa shape index (κ3) is 6.11. The number of nitro benzene ring substituents is 1. The third-order valence-electron chi connectivity index (χ3n) is 6.51. The number of para-hydroxylation sites is 1. The topological polar surface area (TPSA) is 136 Å². The van der Waals surface area contributed by atoms with Gasteiger partial charge in [0.15, 0.2) is 11.5 Å². The minimum Gasteiger partial charge on any atom is -0.493 e. The molecule has 0 fully saturated rings. The van der Waals surface area contributed by atoms with E-state index in [2.05, 4.69) is 15.5 Å². The van der Waals surface area contributed by atoms with Gasteiger partial charge in [-0.3, -0.25) is 14.9 Å². The van der Waals surface area contributed by atoms with Crippen LogP contribution in [0.5, 0.6) is 11.5 Å². The van der Waals surface area contributed by atoms with Crippen molar-refractivity contribution >= 4 is 34.7 Å². The number of nitro groups is 1. The molecule has 0 aliphatic carbocycles. The van der Waals surface area contributed by atoms with E-state index in [0.717, 1.165) is 6.07 Å². The largest absolute Gasteiger partial charge is 0.493 e. The lowest BCUT2D eigenvalue weighted by Gasteiger charge is -2.10. The van der Waals surface area contributed by atoms with E-state index in [1.54, 1.807) is 30.3 Å². The van der Waals surface area contributed by atoms with Crippen LogP contribution in [0.1, 0.15) is 32.0 Å². The molecule has 0 aliphatic rings. The summed E-state index contributed by atoms with van der Waals surface area (Å²) in [6.45, 7) is 0. The average Bonchev–Trinajstić information content (AvgIpc) is 3.41. The lowest BCUT2D eigenvalue weighted by Crippen LogP contribution is -2.19. The van der Waals surface area contributed by atoms with Crippen LogP contribution in [0.25, 0.3) is 22.0 Å². The van der Waals surface area contributed by atoms with Gasteiger partial charge in [-0.05, 0) is 47.5 Å². The van der Waals surface area contributed by atoms with Gasteiger partial charge in [0, 0.05) is 23.1 Å². The fourth-order valence-electron chi connectivity index (χ4n) is 4.48. The summed E-state index contributed by atoms with van der Waals surface area (Å²) in [6.07, 6.45) is -3.38. The molecule has 0 radical (unpaired) electrons. The van der Waals surface area contributed by atoms with Crippen LogP contribution >= 0.6 is 0 Å². The van der Waals surface area contributed by atoms with E-state index in [1.807, 2.05) is 0 Å². The number of halogens is 3. The highest BCUT2D eigenvalue weighted by atomic mass is 19.4. The van der Waals surface area contributed by atoms with Crippen molar-refractivity contribution in [2.45, 2.75) is 6.18 Å². The molecular weight excluding hydrogens is 581 g/mol. The van der Waals surface area contributed by atoms with Gasteiger partial charge in [0.05, 0.1) is 34.9 Å². The molecule has 5 rings (SSSR count). The molecule has 0 aliphatic heterocycles. The van der Waals surface area contributed by atoms with Crippen LogP contribution in [0.4, 0.5) is 18.9 Å². The average molecular weight is 603 g/mol. The fourth-order valence-corrected chi connectivity index (χ4v) is 4.48. The van der Waals surface area contributed by atoms with Gasteiger partial charge in [-0.25, -0.2) is 10.2 Å². The van der Waals surface area contributed by atoms with Crippen LogP contribution in [-0.2, 0) is 6.18 Å². The third-order valence-corrected chi connectivity index (χ3v) is 6.51. The number of fused-ring (bicyclic) bond motifs is 1. The number of hydrogen-bond donors (Lipinski definition) is 2. The monoisotopic (exact) mass is 602 g/mol. The standard InChI is InChI=1S/C31H21F3N4O6/c1-43-25-16-18(10-15-24(25)44-30(40)20-11-13-21(14-12-20)38(41)42)17-35-37-29(39)28-26(19-6-3-2-4-7-19)22-8-5-9-23(27(22)36-28)31(32,33)34/h2-17,36H,1H3,(H,37,39). The van der Waals surface area contributed by atoms with Crippen LogP contribution in [-0.4, -0.2) is 35.1 Å². The maximum absolute atomic E-state index is 13.7. The predicted molar refractivity (Wildman–Crippen MR) is 155 cm³/mol. The van der Waals surface area contributed by atoms with Gasteiger partial charge < -0.3 is 14.5 Å². The van der Waals surface area contributed by atoms with Gasteiger partial charge in [0.25, 0.3) is 11.6 Å². The van der Waals surface area contributed by atoms with Crippen molar-refractivity contribution in [3.05, 3.63) is 123 Å². The summed E-state index contributed by atoms with van der Waals surface area (Å²) in [5.41, 5.74) is 2.26. The summed E-state index contributed by atoms with van der Waals surface area (Å²) in [4.78, 5) is 38.6. The van der Waals surface area contributed by atoms with Crippen molar-refractivity contribution in [1.29, 1.82) is 0 Å². The number of non-ortho nitro benzene ring substituents is 1. The number of ether oxygens (including phenoxy) is 2. The number of nitrogens with zero attached hydrogens (tertiary/aromatic N) is 2. The van der Waals surface area contributed by atoms with E-state index in [1.165, 1.54) is 67.9 Å². The van der Waals surface area contributed by atoms with E-state index in [-0.39, 0.29) is 39.3 Å². The Bertz CT molecular complexity index is 1900. The Kier molecular flexibility index (Phi) is 8.11. The molecule has 222 valence electrons. The lowest BCUT2D eigenvalue weighted by molar-refractivity contribution is -0.384. The number of aromatic amines is 1. The summed E-state index contributed by atoms with van der Waals surface area (Å²) < 4.78 is 51.9. The quantitative estimate of drug-likeness (QED) is 0.0663. The minimum absolute atomic E-state index is 0.0584. The van der Waals surface area contributed by atoms with E-state index in [0.29, 0.717) is 16.7 Å². The summed E-state index contributed by atoms with van der Waals surface area (Å²) in [5, 5.41) is 15.0. The number of esters is 1. The van der Waals surface area contributed by atoms with Gasteiger partial charge in [-0.1, -0.05) is 42.5 Å². The SMILES string of the molecule is COc1cc(C=NNC(=O)c2[nH]c3c(C(F)(F)F)cccc3c2-c2ccccc2)ccc1OC(=O)c1ccc([N+](=O)[O-])cc1. The van der Waals surface area contributed by atoms with Crippen LogP contribution in [0, 0.1) is 10.1 Å². The number of rotatable bonds is 8. The van der Waals surface area contributed by atoms with Crippen LogP contribution in [0.15, 0.2) is 96.1 Å². The molecule has 10 nitrogen and oxygen atoms in total. The molecule has 4 aromatic carbocycles. The Balaban J connectivity index is 1.37. The lowest BCUT2D eigenvalue weighted by atomic mass is 10.0. The summed E-state index contributed by atoms with van der Waals surface area (Å²) in [6, 6.07) is 21.6. The first kappa shape index (κ1) is 29.5. The zero-order valence-electron chi connectivity index (χ0n) is 22.7. The number of carbonyl (C=O) groups excluding carboxylic acids is 2. The number of hydrogen-bond acceptors (Lipinski definition) is 7. The van der Waals surface area contributed by atoms with Crippen molar-refractivity contribution < 1.29 is 37.2 Å². The molecule has 44 heavy (non-hydrogen) atoms. The highest BCUT2D eigenvalue weighted by molar-refractivity contribution is 6.10. The second kappa shape index (κ2) is 12.1. The number of methoxy groups -OCH3 is 1. The van der Waals surface area contributed by atoms with Gasteiger partial charge in [0.1, 0.15) is 5.69 Å². The number of alkyl halides is 3. The van der Waals surface area contributed by atoms with Crippen LogP contribution in [0.3, 0.4) is 0 Å². The van der Waals surface area contributed by atoms with Gasteiger partial charge in [0.2, 0.25) is 0 Å². The maximum Gasteiger partial charge on any atom is 0.418 e. The molecule has 0 atom stereocenters. The molecule has 0 saturated heterocycles. The smallest absolute Gasteiger partial charge is 0.418 e. The summed E-state index contributed by atoms with van der Waals surface area (Å²) in [7, 11) is 1.34. The van der Waals surface area contributed by atoms with Gasteiger partial charge in [-0.15, -0.1) is 0 Å². The number of H-pyrrole nitrogens is 1. The zero-order chi connectivity index (χ0) is 31.4. The normalized spacial score (nSPS) is 11.5. The Hall–Kier alpha value is -5.98. The molecule has 1 aromatic heterocycles. The van der Waals surface area contributed by atoms with Crippen LogP contribution < -0.4 is 14.9 Å². The molecule has 5 aromatic rings. The molecule has 1 amide bonds. The second-order valence-corrected chi connectivity index (χ2v) is 9.27. The number of benzene rings is 4. The number of aromatic nitrogens is 1. The van der Waals surface area contributed by atoms with Gasteiger partial charge >= 0.3 is 12.1 Å². The molecule has 2 N–H and O–H groups in total. The highest BCUT2D eigenvalue weighted by Gasteiger charge is 2.34. The minimum atomic E-state index is -4.65. The zero-order valence-corrected chi connectivity index (χ0v) is 22.7. The van der Waals surface area contributed by atoms with E-state index >= 15 is 0 Å². The van der Waals surface area contributed by atoms with Crippen molar-refractivity contribution in [3.63, 3.8) is 0 Å². The first-order chi connectivity index (χ1) is 21.1. The Labute approximate surface area is 246 Å². The van der Waals surface area contributed by atoms with E-state index in [9.17, 15) is 32.9 Å². The molecule has 1 heterocycles. The fraction of sp³-hybridized carbons (Fsp3) is 0.0645.